The van der Waals surface area contributed by atoms with Crippen LogP contribution in [0.1, 0.15) is 21.5 Å². The van der Waals surface area contributed by atoms with E-state index in [1.54, 1.807) is 30.6 Å². The largest absolute Gasteiger partial charge is 0.493 e. The molecule has 33 heavy (non-hydrogen) atoms. The summed E-state index contributed by atoms with van der Waals surface area (Å²) in [4.78, 5) is 21.1. The molecular formula is C23H21F3N4O3. The topological polar surface area (TPSA) is 84.8 Å². The first-order valence-electron chi connectivity index (χ1n) is 9.71. The molecule has 0 saturated carbocycles. The van der Waals surface area contributed by atoms with Gasteiger partial charge in [-0.05, 0) is 54.1 Å². The van der Waals surface area contributed by atoms with Crippen LogP contribution in [0.2, 0.25) is 0 Å². The van der Waals surface area contributed by atoms with E-state index in [2.05, 4.69) is 20.6 Å². The van der Waals surface area contributed by atoms with Crippen molar-refractivity contribution >= 4 is 17.6 Å². The molecule has 0 radical (unpaired) electrons. The van der Waals surface area contributed by atoms with Crippen molar-refractivity contribution in [3.05, 3.63) is 83.7 Å². The predicted molar refractivity (Wildman–Crippen MR) is 117 cm³/mol. The van der Waals surface area contributed by atoms with Crippen molar-refractivity contribution < 1.29 is 27.4 Å². The Balaban J connectivity index is 1.86. The summed E-state index contributed by atoms with van der Waals surface area (Å²) in [7, 11) is 2.91. The maximum absolute atomic E-state index is 13.1. The van der Waals surface area contributed by atoms with E-state index in [1.807, 2.05) is 0 Å². The zero-order valence-corrected chi connectivity index (χ0v) is 17.8. The zero-order chi connectivity index (χ0) is 23.8. The lowest BCUT2D eigenvalue weighted by molar-refractivity contribution is -0.137. The fraction of sp³-hybridized carbons (Fsp3) is 0.174. The fourth-order valence-corrected chi connectivity index (χ4v) is 2.84. The highest BCUT2D eigenvalue weighted by atomic mass is 19.4. The molecule has 3 rings (SSSR count). The Bertz CT molecular complexity index is 1140. The smallest absolute Gasteiger partial charge is 0.416 e. The first kappa shape index (κ1) is 23.6. The zero-order valence-electron chi connectivity index (χ0n) is 17.8. The molecule has 172 valence electrons. The molecule has 0 bridgehead atoms. The Hall–Kier alpha value is -4.08. The number of aromatic nitrogens is 1. The number of rotatable bonds is 6. The van der Waals surface area contributed by atoms with Crippen LogP contribution in [0.3, 0.4) is 0 Å². The molecule has 1 aromatic heterocycles. The summed E-state index contributed by atoms with van der Waals surface area (Å²) in [6, 6.07) is 12.7. The molecule has 0 unspecified atom stereocenters. The van der Waals surface area contributed by atoms with Gasteiger partial charge in [0.2, 0.25) is 5.96 Å². The van der Waals surface area contributed by atoms with Crippen LogP contribution in [0.25, 0.3) is 0 Å². The number of hydrogen-bond acceptors (Lipinski definition) is 5. The van der Waals surface area contributed by atoms with Crippen molar-refractivity contribution in [1.82, 2.24) is 10.3 Å². The highest BCUT2D eigenvalue weighted by Crippen LogP contribution is 2.31. The van der Waals surface area contributed by atoms with E-state index in [4.69, 9.17) is 9.47 Å². The lowest BCUT2D eigenvalue weighted by Gasteiger charge is -2.14. The minimum Gasteiger partial charge on any atom is -0.493 e. The number of amides is 1. The van der Waals surface area contributed by atoms with Gasteiger partial charge in [0.05, 0.1) is 26.3 Å². The third kappa shape index (κ3) is 6.45. The average molecular weight is 458 g/mol. The van der Waals surface area contributed by atoms with Crippen molar-refractivity contribution in [2.24, 2.45) is 4.99 Å². The number of aliphatic imine (C=N–C) groups is 1. The first-order valence-corrected chi connectivity index (χ1v) is 9.71. The van der Waals surface area contributed by atoms with Crippen LogP contribution in [-0.4, -0.2) is 31.1 Å². The van der Waals surface area contributed by atoms with Crippen LogP contribution in [0.5, 0.6) is 11.5 Å². The number of alkyl halides is 3. The number of ether oxygens (including phenoxy) is 2. The molecule has 0 aliphatic heterocycles. The number of halogens is 3. The molecule has 1 amide bonds. The van der Waals surface area contributed by atoms with Crippen molar-refractivity contribution in [2.75, 3.05) is 19.5 Å². The van der Waals surface area contributed by atoms with Gasteiger partial charge >= 0.3 is 6.18 Å². The van der Waals surface area contributed by atoms with E-state index in [9.17, 15) is 18.0 Å². The van der Waals surface area contributed by atoms with Crippen LogP contribution < -0.4 is 20.1 Å². The summed E-state index contributed by atoms with van der Waals surface area (Å²) in [5.74, 6) is 0.240. The minimum absolute atomic E-state index is 0.0223. The molecule has 2 aromatic carbocycles. The van der Waals surface area contributed by atoms with Crippen LogP contribution >= 0.6 is 0 Å². The second kappa shape index (κ2) is 10.5. The highest BCUT2D eigenvalue weighted by Gasteiger charge is 2.30. The molecule has 0 aliphatic rings. The molecule has 0 atom stereocenters. The number of pyridine rings is 1. The average Bonchev–Trinajstić information content (AvgIpc) is 2.82. The number of nitrogens with one attached hydrogen (secondary N) is 2. The van der Waals surface area contributed by atoms with Crippen molar-refractivity contribution in [3.8, 4) is 11.5 Å². The molecule has 1 heterocycles. The summed E-state index contributed by atoms with van der Waals surface area (Å²) < 4.78 is 49.6. The monoisotopic (exact) mass is 458 g/mol. The summed E-state index contributed by atoms with van der Waals surface area (Å²) in [6.45, 7) is 0.163. The molecule has 0 spiro atoms. The standard InChI is InChI=1S/C23H21F3N4O3/c1-32-19-7-6-16(12-20(19)33-2)21(31)30-22(28-14-15-8-10-27-11-9-15)29-18-5-3-4-17(13-18)23(24,25)26/h3-13H,14H2,1-2H3,(H2,28,29,30,31). The van der Waals surface area contributed by atoms with Gasteiger partial charge in [-0.25, -0.2) is 4.99 Å². The molecule has 0 saturated heterocycles. The van der Waals surface area contributed by atoms with E-state index in [-0.39, 0.29) is 23.8 Å². The molecule has 0 aliphatic carbocycles. The number of guanidine groups is 1. The van der Waals surface area contributed by atoms with Crippen molar-refractivity contribution in [3.63, 3.8) is 0 Å². The number of anilines is 1. The second-order valence-corrected chi connectivity index (χ2v) is 6.75. The second-order valence-electron chi connectivity index (χ2n) is 6.75. The molecule has 2 N–H and O–H groups in total. The Kier molecular flexibility index (Phi) is 7.50. The van der Waals surface area contributed by atoms with Crippen LogP contribution in [0.4, 0.5) is 18.9 Å². The molecule has 3 aromatic rings. The maximum Gasteiger partial charge on any atom is 0.416 e. The van der Waals surface area contributed by atoms with Crippen LogP contribution in [0.15, 0.2) is 72.0 Å². The van der Waals surface area contributed by atoms with Gasteiger partial charge in [0, 0.05) is 23.6 Å². The summed E-state index contributed by atoms with van der Waals surface area (Å²) in [5.41, 5.74) is 0.335. The van der Waals surface area contributed by atoms with Gasteiger partial charge in [0.15, 0.2) is 11.5 Å². The number of carbonyl (C=O) groups is 1. The quantitative estimate of drug-likeness (QED) is 0.419. The van der Waals surface area contributed by atoms with E-state index in [0.717, 1.165) is 17.7 Å². The van der Waals surface area contributed by atoms with Gasteiger partial charge in [0.1, 0.15) is 0 Å². The lowest BCUT2D eigenvalue weighted by atomic mass is 10.2. The summed E-state index contributed by atoms with van der Waals surface area (Å²) in [6.07, 6.45) is -1.32. The molecule has 7 nitrogen and oxygen atoms in total. The van der Waals surface area contributed by atoms with Crippen LogP contribution in [-0.2, 0) is 12.7 Å². The van der Waals surface area contributed by atoms with E-state index in [0.29, 0.717) is 11.5 Å². The van der Waals surface area contributed by atoms with E-state index in [1.165, 1.54) is 38.5 Å². The first-order chi connectivity index (χ1) is 15.8. The third-order valence-corrected chi connectivity index (χ3v) is 4.50. The lowest BCUT2D eigenvalue weighted by Crippen LogP contribution is -2.36. The fourth-order valence-electron chi connectivity index (χ4n) is 2.84. The Labute approximate surface area is 188 Å². The van der Waals surface area contributed by atoms with Crippen molar-refractivity contribution in [2.45, 2.75) is 12.7 Å². The Morgan fingerprint density at radius 1 is 1.00 bits per heavy atom. The van der Waals surface area contributed by atoms with Gasteiger partial charge in [-0.15, -0.1) is 0 Å². The van der Waals surface area contributed by atoms with Crippen LogP contribution in [0, 0.1) is 0 Å². The van der Waals surface area contributed by atoms with E-state index < -0.39 is 17.6 Å². The molecule has 0 fully saturated rings. The number of carbonyl (C=O) groups excluding carboxylic acids is 1. The molecule has 10 heteroatoms. The van der Waals surface area contributed by atoms with Gasteiger partial charge in [0.25, 0.3) is 5.91 Å². The van der Waals surface area contributed by atoms with Gasteiger partial charge in [-0.1, -0.05) is 6.07 Å². The normalized spacial score (nSPS) is 11.6. The number of methoxy groups -OCH3 is 2. The minimum atomic E-state index is -4.51. The summed E-state index contributed by atoms with van der Waals surface area (Å²) in [5, 5.41) is 5.37. The maximum atomic E-state index is 13.1. The van der Waals surface area contributed by atoms with Gasteiger partial charge in [-0.3, -0.25) is 15.1 Å². The van der Waals surface area contributed by atoms with E-state index >= 15 is 0 Å². The number of nitrogens with zero attached hydrogens (tertiary/aromatic N) is 2. The van der Waals surface area contributed by atoms with Crippen molar-refractivity contribution in [1.29, 1.82) is 0 Å². The summed E-state index contributed by atoms with van der Waals surface area (Å²) >= 11 is 0. The number of hydrogen-bond donors (Lipinski definition) is 2. The van der Waals surface area contributed by atoms with Gasteiger partial charge < -0.3 is 14.8 Å². The Morgan fingerprint density at radius 2 is 1.73 bits per heavy atom. The molecular weight excluding hydrogens is 437 g/mol. The Morgan fingerprint density at radius 3 is 2.39 bits per heavy atom. The highest BCUT2D eigenvalue weighted by molar-refractivity contribution is 6.10. The third-order valence-electron chi connectivity index (χ3n) is 4.50. The number of benzene rings is 2. The SMILES string of the molecule is COc1ccc(C(=O)NC(=NCc2ccncc2)Nc2cccc(C(F)(F)F)c2)cc1OC. The predicted octanol–water partition coefficient (Wildman–Crippen LogP) is 4.52. The van der Waals surface area contributed by atoms with Gasteiger partial charge in [-0.2, -0.15) is 13.2 Å².